The summed E-state index contributed by atoms with van der Waals surface area (Å²) in [5, 5.41) is 7.68. The topological polar surface area (TPSA) is 42.7 Å². The molecule has 0 bridgehead atoms. The lowest BCUT2D eigenvalue weighted by atomic mass is 10.2. The molecule has 1 N–H and O–H groups in total. The Morgan fingerprint density at radius 1 is 1.50 bits per heavy atom. The van der Waals surface area contributed by atoms with Gasteiger partial charge in [-0.2, -0.15) is 5.10 Å². The molecule has 1 heterocycles. The van der Waals surface area contributed by atoms with Gasteiger partial charge in [-0.05, 0) is 19.8 Å². The quantitative estimate of drug-likeness (QED) is 0.791. The summed E-state index contributed by atoms with van der Waals surface area (Å²) in [6.07, 6.45) is 6.96. The minimum Gasteiger partial charge on any atom is -0.305 e. The summed E-state index contributed by atoms with van der Waals surface area (Å²) in [5.74, 6) is 1.02. The molecular weight excluding hydrogens is 176 g/mol. The number of rotatable bonds is 3. The van der Waals surface area contributed by atoms with Crippen LogP contribution < -0.4 is 5.32 Å². The van der Waals surface area contributed by atoms with Crippen LogP contribution in [-0.4, -0.2) is 20.8 Å². The average molecular weight is 194 g/mol. The van der Waals surface area contributed by atoms with E-state index in [1.165, 1.54) is 25.7 Å². The molecule has 1 aromatic rings. The lowest BCUT2D eigenvalue weighted by Crippen LogP contribution is -2.30. The van der Waals surface area contributed by atoms with E-state index in [2.05, 4.69) is 22.3 Å². The van der Waals surface area contributed by atoms with Crippen LogP contribution >= 0.6 is 0 Å². The third-order valence-corrected chi connectivity index (χ3v) is 2.97. The van der Waals surface area contributed by atoms with Gasteiger partial charge in [0.1, 0.15) is 12.2 Å². The zero-order valence-electron chi connectivity index (χ0n) is 8.90. The molecule has 0 aromatic carbocycles. The van der Waals surface area contributed by atoms with Gasteiger partial charge in [0.2, 0.25) is 0 Å². The summed E-state index contributed by atoms with van der Waals surface area (Å²) in [5.41, 5.74) is 0. The van der Waals surface area contributed by atoms with Crippen LogP contribution in [0.4, 0.5) is 0 Å². The first-order valence-corrected chi connectivity index (χ1v) is 5.37. The second kappa shape index (κ2) is 4.09. The number of aromatic nitrogens is 3. The second-order valence-electron chi connectivity index (χ2n) is 4.11. The van der Waals surface area contributed by atoms with Crippen molar-refractivity contribution in [3.05, 3.63) is 12.2 Å². The van der Waals surface area contributed by atoms with Crippen LogP contribution in [0.15, 0.2) is 6.33 Å². The van der Waals surface area contributed by atoms with Crippen molar-refractivity contribution in [2.24, 2.45) is 7.05 Å². The Balaban J connectivity index is 1.95. The van der Waals surface area contributed by atoms with Crippen molar-refractivity contribution in [1.82, 2.24) is 20.1 Å². The number of hydrogen-bond acceptors (Lipinski definition) is 3. The third-order valence-electron chi connectivity index (χ3n) is 2.97. The molecule has 0 aliphatic heterocycles. The molecule has 4 nitrogen and oxygen atoms in total. The first kappa shape index (κ1) is 9.65. The zero-order chi connectivity index (χ0) is 9.97. The first-order valence-electron chi connectivity index (χ1n) is 5.37. The molecule has 1 aromatic heterocycles. The molecule has 1 fully saturated rings. The van der Waals surface area contributed by atoms with Crippen molar-refractivity contribution < 1.29 is 0 Å². The highest BCUT2D eigenvalue weighted by Gasteiger charge is 2.19. The maximum Gasteiger partial charge on any atom is 0.143 e. The molecular formula is C10H18N4. The van der Waals surface area contributed by atoms with Gasteiger partial charge < -0.3 is 5.32 Å². The van der Waals surface area contributed by atoms with Gasteiger partial charge >= 0.3 is 0 Å². The fourth-order valence-corrected chi connectivity index (χ4v) is 2.22. The maximum absolute atomic E-state index is 4.25. The standard InChI is InChI=1S/C10H18N4/c1-8(10-11-7-12-14(10)2)13-9-5-3-4-6-9/h7-9,13H,3-6H2,1-2H3. The maximum atomic E-state index is 4.25. The molecule has 14 heavy (non-hydrogen) atoms. The van der Waals surface area contributed by atoms with E-state index in [1.54, 1.807) is 6.33 Å². The van der Waals surface area contributed by atoms with Gasteiger partial charge in [0, 0.05) is 13.1 Å². The Kier molecular flexibility index (Phi) is 2.82. The molecule has 78 valence electrons. The summed E-state index contributed by atoms with van der Waals surface area (Å²) in [6.45, 7) is 2.16. The number of nitrogens with zero attached hydrogens (tertiary/aromatic N) is 3. The summed E-state index contributed by atoms with van der Waals surface area (Å²) in [6, 6.07) is 0.993. The molecule has 1 aliphatic rings. The largest absolute Gasteiger partial charge is 0.305 e. The van der Waals surface area contributed by atoms with Crippen molar-refractivity contribution in [2.45, 2.75) is 44.7 Å². The minimum atomic E-state index is 0.311. The normalized spacial score (nSPS) is 20.1. The molecule has 0 spiro atoms. The molecule has 0 radical (unpaired) electrons. The molecule has 1 unspecified atom stereocenters. The van der Waals surface area contributed by atoms with Gasteiger partial charge in [-0.25, -0.2) is 4.98 Å². The smallest absolute Gasteiger partial charge is 0.143 e. The molecule has 0 amide bonds. The van der Waals surface area contributed by atoms with Crippen LogP contribution in [0.25, 0.3) is 0 Å². The van der Waals surface area contributed by atoms with Crippen LogP contribution in [0.3, 0.4) is 0 Å². The van der Waals surface area contributed by atoms with E-state index in [9.17, 15) is 0 Å². The van der Waals surface area contributed by atoms with Crippen molar-refractivity contribution in [3.63, 3.8) is 0 Å². The van der Waals surface area contributed by atoms with Crippen LogP contribution in [-0.2, 0) is 7.05 Å². The lowest BCUT2D eigenvalue weighted by Gasteiger charge is -2.18. The molecule has 1 aliphatic carbocycles. The Bertz CT molecular complexity index is 288. The van der Waals surface area contributed by atoms with E-state index >= 15 is 0 Å². The third kappa shape index (κ3) is 1.95. The van der Waals surface area contributed by atoms with Crippen molar-refractivity contribution >= 4 is 0 Å². The Hall–Kier alpha value is -0.900. The Morgan fingerprint density at radius 2 is 2.21 bits per heavy atom. The van der Waals surface area contributed by atoms with Gasteiger partial charge in [-0.1, -0.05) is 12.8 Å². The molecule has 2 rings (SSSR count). The summed E-state index contributed by atoms with van der Waals surface area (Å²) < 4.78 is 1.84. The second-order valence-corrected chi connectivity index (χ2v) is 4.11. The molecule has 4 heteroatoms. The molecule has 0 saturated heterocycles. The Morgan fingerprint density at radius 3 is 2.79 bits per heavy atom. The number of aryl methyl sites for hydroxylation is 1. The Labute approximate surface area is 84.7 Å². The van der Waals surface area contributed by atoms with Crippen LogP contribution in [0.2, 0.25) is 0 Å². The molecule has 1 saturated carbocycles. The van der Waals surface area contributed by atoms with Gasteiger partial charge in [0.25, 0.3) is 0 Å². The van der Waals surface area contributed by atoms with Gasteiger partial charge in [0.05, 0.1) is 6.04 Å². The van der Waals surface area contributed by atoms with E-state index in [0.29, 0.717) is 12.1 Å². The number of nitrogens with one attached hydrogen (secondary N) is 1. The van der Waals surface area contributed by atoms with E-state index < -0.39 is 0 Å². The minimum absolute atomic E-state index is 0.311. The highest BCUT2D eigenvalue weighted by atomic mass is 15.3. The van der Waals surface area contributed by atoms with E-state index in [-0.39, 0.29) is 0 Å². The zero-order valence-corrected chi connectivity index (χ0v) is 8.90. The fraction of sp³-hybridized carbons (Fsp3) is 0.800. The van der Waals surface area contributed by atoms with Crippen molar-refractivity contribution in [1.29, 1.82) is 0 Å². The summed E-state index contributed by atoms with van der Waals surface area (Å²) in [4.78, 5) is 4.25. The summed E-state index contributed by atoms with van der Waals surface area (Å²) >= 11 is 0. The first-order chi connectivity index (χ1) is 6.77. The van der Waals surface area contributed by atoms with Gasteiger partial charge in [0.15, 0.2) is 0 Å². The highest BCUT2D eigenvalue weighted by molar-refractivity contribution is 4.93. The molecule has 1 atom stereocenters. The van der Waals surface area contributed by atoms with Crippen molar-refractivity contribution in [2.75, 3.05) is 0 Å². The monoisotopic (exact) mass is 194 g/mol. The average Bonchev–Trinajstić information content (AvgIpc) is 2.75. The van der Waals surface area contributed by atoms with Crippen LogP contribution in [0.5, 0.6) is 0 Å². The van der Waals surface area contributed by atoms with E-state index in [0.717, 1.165) is 5.82 Å². The number of hydrogen-bond donors (Lipinski definition) is 1. The van der Waals surface area contributed by atoms with E-state index in [1.807, 2.05) is 11.7 Å². The predicted octanol–water partition coefficient (Wildman–Crippen LogP) is 1.41. The fourth-order valence-electron chi connectivity index (χ4n) is 2.22. The van der Waals surface area contributed by atoms with Crippen LogP contribution in [0, 0.1) is 0 Å². The van der Waals surface area contributed by atoms with Crippen LogP contribution in [0.1, 0.15) is 44.5 Å². The van der Waals surface area contributed by atoms with E-state index in [4.69, 9.17) is 0 Å². The van der Waals surface area contributed by atoms with Crippen molar-refractivity contribution in [3.8, 4) is 0 Å². The highest BCUT2D eigenvalue weighted by Crippen LogP contribution is 2.20. The SMILES string of the molecule is CC(NC1CCCC1)c1ncnn1C. The predicted molar refractivity (Wildman–Crippen MR) is 54.8 cm³/mol. The van der Waals surface area contributed by atoms with Gasteiger partial charge in [-0.3, -0.25) is 4.68 Å². The van der Waals surface area contributed by atoms with Gasteiger partial charge in [-0.15, -0.1) is 0 Å². The summed E-state index contributed by atoms with van der Waals surface area (Å²) in [7, 11) is 1.94. The lowest BCUT2D eigenvalue weighted by molar-refractivity contribution is 0.435.